The van der Waals surface area contributed by atoms with Crippen LogP contribution in [0, 0.1) is 0 Å². The highest BCUT2D eigenvalue weighted by Gasteiger charge is 2.33. The third kappa shape index (κ3) is 3.42. The average Bonchev–Trinajstić information content (AvgIpc) is 3.10. The Balaban J connectivity index is 1.54. The van der Waals surface area contributed by atoms with Gasteiger partial charge in [0.25, 0.3) is 0 Å². The monoisotopic (exact) mass is 390 g/mol. The molecule has 0 spiro atoms. The maximum atomic E-state index is 13.0. The second-order valence-electron chi connectivity index (χ2n) is 5.98. The molecule has 1 aliphatic heterocycles. The van der Waals surface area contributed by atoms with Crippen LogP contribution in [-0.4, -0.2) is 5.97 Å². The summed E-state index contributed by atoms with van der Waals surface area (Å²) in [5, 5.41) is 0. The summed E-state index contributed by atoms with van der Waals surface area (Å²) in [5.74, 6) is 0.0923. The molecule has 4 rings (SSSR count). The zero-order valence-corrected chi connectivity index (χ0v) is 14.7. The SMILES string of the molecule is O=C(OCc1ccccc1C(F)(F)F)c1cc2c(s1)-c1ccccc1OC2. The van der Waals surface area contributed by atoms with Crippen LogP contribution in [0.5, 0.6) is 5.75 Å². The number of rotatable bonds is 3. The molecule has 0 saturated carbocycles. The second-order valence-corrected chi connectivity index (χ2v) is 7.03. The van der Waals surface area contributed by atoms with Crippen LogP contribution in [0.1, 0.15) is 26.4 Å². The van der Waals surface area contributed by atoms with E-state index in [1.165, 1.54) is 29.5 Å². The van der Waals surface area contributed by atoms with Crippen molar-refractivity contribution in [1.29, 1.82) is 0 Å². The van der Waals surface area contributed by atoms with Crippen LogP contribution in [0.3, 0.4) is 0 Å². The standard InChI is InChI=1S/C20H13F3O3S/c21-20(22,23)15-7-3-1-5-12(15)10-26-19(24)17-9-13-11-25-16-8-4-2-6-14(16)18(13)27-17/h1-9H,10-11H2. The summed E-state index contributed by atoms with van der Waals surface area (Å²) in [6.07, 6.45) is -4.49. The number of thiophene rings is 1. The number of esters is 1. The largest absolute Gasteiger partial charge is 0.488 e. The van der Waals surface area contributed by atoms with Gasteiger partial charge in [0.1, 0.15) is 23.8 Å². The van der Waals surface area contributed by atoms with Crippen molar-refractivity contribution in [2.45, 2.75) is 19.4 Å². The van der Waals surface area contributed by atoms with Gasteiger partial charge in [-0.3, -0.25) is 0 Å². The molecule has 1 aliphatic rings. The number of benzene rings is 2. The number of hydrogen-bond acceptors (Lipinski definition) is 4. The minimum Gasteiger partial charge on any atom is -0.488 e. The van der Waals surface area contributed by atoms with Gasteiger partial charge < -0.3 is 9.47 Å². The lowest BCUT2D eigenvalue weighted by Gasteiger charge is -2.16. The van der Waals surface area contributed by atoms with Crippen LogP contribution >= 0.6 is 11.3 Å². The van der Waals surface area contributed by atoms with E-state index in [0.717, 1.165) is 27.8 Å². The molecule has 7 heteroatoms. The Morgan fingerprint density at radius 2 is 1.85 bits per heavy atom. The van der Waals surface area contributed by atoms with Gasteiger partial charge in [-0.2, -0.15) is 13.2 Å². The molecule has 2 aromatic carbocycles. The van der Waals surface area contributed by atoms with Crippen molar-refractivity contribution in [3.05, 3.63) is 76.2 Å². The summed E-state index contributed by atoms with van der Waals surface area (Å²) < 4.78 is 49.9. The van der Waals surface area contributed by atoms with Crippen LogP contribution in [0.15, 0.2) is 54.6 Å². The van der Waals surface area contributed by atoms with Crippen LogP contribution in [0.25, 0.3) is 10.4 Å². The van der Waals surface area contributed by atoms with Crippen molar-refractivity contribution in [1.82, 2.24) is 0 Å². The first-order valence-corrected chi connectivity index (χ1v) is 8.92. The Kier molecular flexibility index (Phi) is 4.39. The van der Waals surface area contributed by atoms with E-state index < -0.39 is 24.3 Å². The van der Waals surface area contributed by atoms with E-state index in [1.54, 1.807) is 6.07 Å². The molecular weight excluding hydrogens is 377 g/mol. The molecule has 0 unspecified atom stereocenters. The van der Waals surface area contributed by atoms with E-state index >= 15 is 0 Å². The minimum absolute atomic E-state index is 0.0756. The molecule has 0 fully saturated rings. The van der Waals surface area contributed by atoms with E-state index in [1.807, 2.05) is 24.3 Å². The molecule has 0 amide bonds. The van der Waals surface area contributed by atoms with E-state index in [9.17, 15) is 18.0 Å². The molecule has 0 atom stereocenters. The van der Waals surface area contributed by atoms with Crippen molar-refractivity contribution in [2.75, 3.05) is 0 Å². The molecular formula is C20H13F3O3S. The summed E-state index contributed by atoms with van der Waals surface area (Å²) in [6.45, 7) is -0.1000. The van der Waals surface area contributed by atoms with Gasteiger partial charge >= 0.3 is 12.1 Å². The third-order valence-corrected chi connectivity index (χ3v) is 5.40. The Morgan fingerprint density at radius 1 is 1.11 bits per heavy atom. The quantitative estimate of drug-likeness (QED) is 0.540. The number of para-hydroxylation sites is 1. The van der Waals surface area contributed by atoms with Crippen LogP contribution in [0.2, 0.25) is 0 Å². The predicted octanol–water partition coefficient (Wildman–Crippen LogP) is 5.68. The average molecular weight is 390 g/mol. The van der Waals surface area contributed by atoms with Gasteiger partial charge in [-0.1, -0.05) is 30.3 Å². The van der Waals surface area contributed by atoms with Gasteiger partial charge in [0.15, 0.2) is 0 Å². The maximum absolute atomic E-state index is 13.0. The number of ether oxygens (including phenoxy) is 2. The van der Waals surface area contributed by atoms with Gasteiger partial charge in [-0.05, 0) is 24.3 Å². The lowest BCUT2D eigenvalue weighted by Crippen LogP contribution is -2.11. The summed E-state index contributed by atoms with van der Waals surface area (Å²) in [5.41, 5.74) is 0.880. The van der Waals surface area contributed by atoms with Gasteiger partial charge in [0.05, 0.1) is 5.56 Å². The molecule has 1 aromatic heterocycles. The van der Waals surface area contributed by atoms with E-state index in [2.05, 4.69) is 0 Å². The lowest BCUT2D eigenvalue weighted by molar-refractivity contribution is -0.138. The van der Waals surface area contributed by atoms with Crippen molar-refractivity contribution in [2.24, 2.45) is 0 Å². The lowest BCUT2D eigenvalue weighted by atomic mass is 10.1. The fraction of sp³-hybridized carbons (Fsp3) is 0.150. The maximum Gasteiger partial charge on any atom is 0.416 e. The molecule has 2 heterocycles. The van der Waals surface area contributed by atoms with Gasteiger partial charge in [-0.25, -0.2) is 4.79 Å². The topological polar surface area (TPSA) is 35.5 Å². The molecule has 138 valence electrons. The Bertz CT molecular complexity index is 1010. The first-order chi connectivity index (χ1) is 12.9. The normalized spacial score (nSPS) is 12.7. The van der Waals surface area contributed by atoms with Crippen molar-refractivity contribution >= 4 is 17.3 Å². The number of alkyl halides is 3. The zero-order chi connectivity index (χ0) is 19.0. The summed E-state index contributed by atoms with van der Waals surface area (Å²) in [7, 11) is 0. The third-order valence-electron chi connectivity index (χ3n) is 4.21. The van der Waals surface area contributed by atoms with Gasteiger partial charge in [0.2, 0.25) is 0 Å². The first kappa shape index (κ1) is 17.6. The number of fused-ring (bicyclic) bond motifs is 3. The highest BCUT2D eigenvalue weighted by molar-refractivity contribution is 7.17. The number of carbonyl (C=O) groups is 1. The molecule has 3 nitrogen and oxygen atoms in total. The fourth-order valence-electron chi connectivity index (χ4n) is 2.94. The summed E-state index contributed by atoms with van der Waals surface area (Å²) >= 11 is 1.25. The van der Waals surface area contributed by atoms with Gasteiger partial charge in [-0.15, -0.1) is 11.3 Å². The number of halogens is 3. The van der Waals surface area contributed by atoms with Crippen LogP contribution in [-0.2, 0) is 24.1 Å². The van der Waals surface area contributed by atoms with Crippen molar-refractivity contribution in [3.8, 4) is 16.2 Å². The van der Waals surface area contributed by atoms with E-state index in [0.29, 0.717) is 11.5 Å². The minimum atomic E-state index is -4.49. The van der Waals surface area contributed by atoms with Crippen LogP contribution in [0.4, 0.5) is 13.2 Å². The molecule has 0 aliphatic carbocycles. The van der Waals surface area contributed by atoms with Gasteiger partial charge in [0, 0.05) is 21.6 Å². The molecule has 0 bridgehead atoms. The predicted molar refractivity (Wildman–Crippen MR) is 94.7 cm³/mol. The summed E-state index contributed by atoms with van der Waals surface area (Å²) in [4.78, 5) is 13.6. The van der Waals surface area contributed by atoms with E-state index in [-0.39, 0.29) is 5.56 Å². The number of carbonyl (C=O) groups excluding carboxylic acids is 1. The first-order valence-electron chi connectivity index (χ1n) is 8.10. The zero-order valence-electron chi connectivity index (χ0n) is 13.9. The highest BCUT2D eigenvalue weighted by atomic mass is 32.1. The second kappa shape index (κ2) is 6.74. The molecule has 3 aromatic rings. The molecule has 0 radical (unpaired) electrons. The van der Waals surface area contributed by atoms with E-state index in [4.69, 9.17) is 9.47 Å². The number of hydrogen-bond donors (Lipinski definition) is 0. The van der Waals surface area contributed by atoms with Crippen molar-refractivity contribution < 1.29 is 27.4 Å². The fourth-order valence-corrected chi connectivity index (χ4v) is 4.03. The molecule has 0 N–H and O–H groups in total. The highest BCUT2D eigenvalue weighted by Crippen LogP contribution is 2.42. The smallest absolute Gasteiger partial charge is 0.416 e. The Hall–Kier alpha value is -2.80. The molecule has 0 saturated heterocycles. The summed E-state index contributed by atoms with van der Waals surface area (Å²) in [6, 6.07) is 14.2. The van der Waals surface area contributed by atoms with Crippen LogP contribution < -0.4 is 4.74 Å². The Labute approximate surface area is 157 Å². The Morgan fingerprint density at radius 3 is 2.67 bits per heavy atom. The van der Waals surface area contributed by atoms with Crippen molar-refractivity contribution in [3.63, 3.8) is 0 Å². The molecule has 27 heavy (non-hydrogen) atoms.